The van der Waals surface area contributed by atoms with Crippen LogP contribution >= 0.6 is 11.8 Å². The Morgan fingerprint density at radius 1 is 1.50 bits per heavy atom. The molecule has 3 nitrogen and oxygen atoms in total. The molecule has 0 fully saturated rings. The van der Waals surface area contributed by atoms with Crippen molar-refractivity contribution in [3.63, 3.8) is 0 Å². The number of nitrogen functional groups attached to an aromatic ring is 1. The van der Waals surface area contributed by atoms with E-state index in [9.17, 15) is 4.79 Å². The van der Waals surface area contributed by atoms with E-state index in [1.165, 1.54) is 0 Å². The topological polar surface area (TPSA) is 69.1 Å². The highest BCUT2D eigenvalue weighted by atomic mass is 32.2. The second-order valence-corrected chi connectivity index (χ2v) is 4.11. The molecule has 0 heterocycles. The fourth-order valence-electron chi connectivity index (χ4n) is 1.08. The summed E-state index contributed by atoms with van der Waals surface area (Å²) >= 11 is 1.63. The SMILES string of the molecule is CCCSc1ccc(N)cc1C(N)=O. The Labute approximate surface area is 87.9 Å². The van der Waals surface area contributed by atoms with Gasteiger partial charge in [0, 0.05) is 10.6 Å². The lowest BCUT2D eigenvalue weighted by Crippen LogP contribution is -2.12. The van der Waals surface area contributed by atoms with Crippen LogP contribution in [-0.2, 0) is 0 Å². The number of nitrogens with two attached hydrogens (primary N) is 2. The standard InChI is InChI=1S/C10H14N2OS/c1-2-5-14-9-4-3-7(11)6-8(9)10(12)13/h3-4,6H,2,5,11H2,1H3,(H2,12,13). The zero-order valence-corrected chi connectivity index (χ0v) is 8.93. The highest BCUT2D eigenvalue weighted by Crippen LogP contribution is 2.24. The van der Waals surface area contributed by atoms with Gasteiger partial charge in [0.05, 0.1) is 5.56 Å². The molecule has 4 heteroatoms. The molecule has 0 spiro atoms. The molecule has 0 unspecified atom stereocenters. The molecule has 0 saturated heterocycles. The van der Waals surface area contributed by atoms with E-state index in [-0.39, 0.29) is 0 Å². The van der Waals surface area contributed by atoms with Gasteiger partial charge in [0.1, 0.15) is 0 Å². The highest BCUT2D eigenvalue weighted by Gasteiger charge is 2.08. The second kappa shape index (κ2) is 4.91. The van der Waals surface area contributed by atoms with Crippen molar-refractivity contribution in [1.29, 1.82) is 0 Å². The third kappa shape index (κ3) is 2.67. The van der Waals surface area contributed by atoms with E-state index in [1.807, 2.05) is 6.07 Å². The maximum Gasteiger partial charge on any atom is 0.249 e. The van der Waals surface area contributed by atoms with E-state index in [1.54, 1.807) is 23.9 Å². The minimum atomic E-state index is -0.420. The number of thioether (sulfide) groups is 1. The van der Waals surface area contributed by atoms with E-state index in [0.29, 0.717) is 11.3 Å². The second-order valence-electron chi connectivity index (χ2n) is 2.97. The molecule has 0 bridgehead atoms. The van der Waals surface area contributed by atoms with Gasteiger partial charge in [-0.2, -0.15) is 0 Å². The molecule has 76 valence electrons. The quantitative estimate of drug-likeness (QED) is 0.588. The van der Waals surface area contributed by atoms with Crippen LogP contribution in [0.2, 0.25) is 0 Å². The van der Waals surface area contributed by atoms with Gasteiger partial charge >= 0.3 is 0 Å². The fourth-order valence-corrected chi connectivity index (χ4v) is 1.98. The summed E-state index contributed by atoms with van der Waals surface area (Å²) in [4.78, 5) is 12.0. The van der Waals surface area contributed by atoms with Gasteiger partial charge in [-0.3, -0.25) is 4.79 Å². The van der Waals surface area contributed by atoms with Crippen LogP contribution in [0.25, 0.3) is 0 Å². The lowest BCUT2D eigenvalue weighted by molar-refractivity contribution is 0.0997. The van der Waals surface area contributed by atoms with Crippen LogP contribution in [0, 0.1) is 0 Å². The number of hydrogen-bond donors (Lipinski definition) is 2. The molecule has 0 atom stereocenters. The van der Waals surface area contributed by atoms with E-state index >= 15 is 0 Å². The Morgan fingerprint density at radius 3 is 2.79 bits per heavy atom. The molecule has 0 aliphatic carbocycles. The molecule has 1 rings (SSSR count). The van der Waals surface area contributed by atoms with E-state index in [2.05, 4.69) is 6.92 Å². The first-order chi connectivity index (χ1) is 6.65. The van der Waals surface area contributed by atoms with Crippen LogP contribution in [-0.4, -0.2) is 11.7 Å². The van der Waals surface area contributed by atoms with Crippen molar-refractivity contribution >= 4 is 23.4 Å². The van der Waals surface area contributed by atoms with Gasteiger partial charge in [0.15, 0.2) is 0 Å². The Hall–Kier alpha value is -1.16. The van der Waals surface area contributed by atoms with Crippen LogP contribution in [0.15, 0.2) is 23.1 Å². The molecular weight excluding hydrogens is 196 g/mol. The van der Waals surface area contributed by atoms with Crippen molar-refractivity contribution in [2.45, 2.75) is 18.2 Å². The van der Waals surface area contributed by atoms with Gasteiger partial charge in [-0.1, -0.05) is 6.92 Å². The Morgan fingerprint density at radius 2 is 2.21 bits per heavy atom. The Bertz CT molecular complexity index is 339. The van der Waals surface area contributed by atoms with Crippen molar-refractivity contribution in [3.8, 4) is 0 Å². The number of amides is 1. The number of carbonyl (C=O) groups excluding carboxylic acids is 1. The first-order valence-corrected chi connectivity index (χ1v) is 5.46. The molecule has 0 aromatic heterocycles. The lowest BCUT2D eigenvalue weighted by atomic mass is 10.2. The molecule has 0 aliphatic rings. The minimum Gasteiger partial charge on any atom is -0.399 e. The average Bonchev–Trinajstić information content (AvgIpc) is 2.15. The van der Waals surface area contributed by atoms with Crippen molar-refractivity contribution < 1.29 is 4.79 Å². The summed E-state index contributed by atoms with van der Waals surface area (Å²) in [5.41, 5.74) is 11.9. The summed E-state index contributed by atoms with van der Waals surface area (Å²) in [5, 5.41) is 0. The predicted octanol–water partition coefficient (Wildman–Crippen LogP) is 1.87. The van der Waals surface area contributed by atoms with Crippen molar-refractivity contribution in [3.05, 3.63) is 23.8 Å². The normalized spacial score (nSPS) is 10.1. The maximum absolute atomic E-state index is 11.1. The number of carbonyl (C=O) groups is 1. The summed E-state index contributed by atoms with van der Waals surface area (Å²) in [6.07, 6.45) is 1.06. The highest BCUT2D eigenvalue weighted by molar-refractivity contribution is 7.99. The summed E-state index contributed by atoms with van der Waals surface area (Å²) in [6.45, 7) is 2.09. The number of hydrogen-bond acceptors (Lipinski definition) is 3. The largest absolute Gasteiger partial charge is 0.399 e. The van der Waals surface area contributed by atoms with Crippen LogP contribution < -0.4 is 11.5 Å². The molecule has 0 saturated carbocycles. The molecule has 1 aromatic carbocycles. The third-order valence-electron chi connectivity index (χ3n) is 1.73. The van der Waals surface area contributed by atoms with Crippen LogP contribution in [0.3, 0.4) is 0 Å². The molecule has 0 aliphatic heterocycles. The first-order valence-electron chi connectivity index (χ1n) is 4.47. The molecule has 14 heavy (non-hydrogen) atoms. The maximum atomic E-state index is 11.1. The van der Waals surface area contributed by atoms with Gasteiger partial charge in [-0.15, -0.1) is 11.8 Å². The van der Waals surface area contributed by atoms with Gasteiger partial charge in [-0.25, -0.2) is 0 Å². The fraction of sp³-hybridized carbons (Fsp3) is 0.300. The molecule has 1 amide bonds. The Kier molecular flexibility index (Phi) is 3.83. The molecule has 0 radical (unpaired) electrons. The molecule has 4 N–H and O–H groups in total. The lowest BCUT2D eigenvalue weighted by Gasteiger charge is -2.06. The van der Waals surface area contributed by atoms with Gasteiger partial charge in [0.25, 0.3) is 0 Å². The van der Waals surface area contributed by atoms with Crippen LogP contribution in [0.4, 0.5) is 5.69 Å². The van der Waals surface area contributed by atoms with E-state index in [0.717, 1.165) is 17.1 Å². The van der Waals surface area contributed by atoms with Crippen molar-refractivity contribution in [1.82, 2.24) is 0 Å². The molecule has 1 aromatic rings. The van der Waals surface area contributed by atoms with E-state index in [4.69, 9.17) is 11.5 Å². The summed E-state index contributed by atoms with van der Waals surface area (Å²) in [6, 6.07) is 5.25. The average molecular weight is 210 g/mol. The third-order valence-corrected chi connectivity index (χ3v) is 3.01. The smallest absolute Gasteiger partial charge is 0.249 e. The van der Waals surface area contributed by atoms with Crippen molar-refractivity contribution in [2.75, 3.05) is 11.5 Å². The number of benzene rings is 1. The zero-order chi connectivity index (χ0) is 10.6. The van der Waals surface area contributed by atoms with Gasteiger partial charge in [0.2, 0.25) is 5.91 Å². The van der Waals surface area contributed by atoms with Gasteiger partial charge < -0.3 is 11.5 Å². The molecular formula is C10H14N2OS. The summed E-state index contributed by atoms with van der Waals surface area (Å²) in [5.74, 6) is 0.556. The minimum absolute atomic E-state index is 0.420. The summed E-state index contributed by atoms with van der Waals surface area (Å²) in [7, 11) is 0. The predicted molar refractivity (Wildman–Crippen MR) is 60.4 cm³/mol. The van der Waals surface area contributed by atoms with Crippen LogP contribution in [0.1, 0.15) is 23.7 Å². The number of primary amides is 1. The Balaban J connectivity index is 2.96. The number of rotatable bonds is 4. The summed E-state index contributed by atoms with van der Waals surface area (Å²) < 4.78 is 0. The van der Waals surface area contributed by atoms with E-state index < -0.39 is 5.91 Å². The van der Waals surface area contributed by atoms with Crippen LogP contribution in [0.5, 0.6) is 0 Å². The zero-order valence-electron chi connectivity index (χ0n) is 8.12. The van der Waals surface area contributed by atoms with Crippen molar-refractivity contribution in [2.24, 2.45) is 5.73 Å². The first kappa shape index (κ1) is 10.9. The number of anilines is 1. The monoisotopic (exact) mass is 210 g/mol. The van der Waals surface area contributed by atoms with Gasteiger partial charge in [-0.05, 0) is 30.4 Å².